The second kappa shape index (κ2) is 6.20. The fourth-order valence-electron chi connectivity index (χ4n) is 2.22. The van der Waals surface area contributed by atoms with Crippen LogP contribution in [0.4, 0.5) is 18.9 Å². The van der Waals surface area contributed by atoms with Crippen molar-refractivity contribution in [2.45, 2.75) is 12.8 Å². The number of piperidine rings is 1. The van der Waals surface area contributed by atoms with Crippen LogP contribution in [0.3, 0.4) is 0 Å². The van der Waals surface area contributed by atoms with Gasteiger partial charge in [0.25, 0.3) is 0 Å². The molecule has 0 bridgehead atoms. The minimum Gasteiger partial charge on any atom is -0.330 e. The van der Waals surface area contributed by atoms with Crippen LogP contribution < -0.4 is 10.5 Å². The summed E-state index contributed by atoms with van der Waals surface area (Å²) in [5.74, 6) is -3.46. The summed E-state index contributed by atoms with van der Waals surface area (Å²) in [5.41, 5.74) is 4.64. The minimum atomic E-state index is -4.09. The van der Waals surface area contributed by atoms with Gasteiger partial charge in [0.15, 0.2) is 11.6 Å². The molecule has 118 valence electrons. The maximum absolute atomic E-state index is 13.5. The SMILES string of the molecule is NCC1CCN(S(=O)(=O)Nc2c(F)cc(F)cc2F)CC1. The zero-order valence-corrected chi connectivity index (χ0v) is 12.0. The summed E-state index contributed by atoms with van der Waals surface area (Å²) in [6.45, 7) is 0.922. The van der Waals surface area contributed by atoms with Gasteiger partial charge < -0.3 is 5.73 Å². The van der Waals surface area contributed by atoms with Crippen LogP contribution in [0.5, 0.6) is 0 Å². The third-order valence-electron chi connectivity index (χ3n) is 3.48. The van der Waals surface area contributed by atoms with Gasteiger partial charge in [-0.15, -0.1) is 0 Å². The van der Waals surface area contributed by atoms with E-state index in [2.05, 4.69) is 0 Å². The standard InChI is InChI=1S/C12H16F3N3O2S/c13-9-5-10(14)12(11(15)6-9)17-21(19,20)18-3-1-8(7-16)2-4-18/h5-6,8,17H,1-4,7,16H2. The Labute approximate surface area is 121 Å². The maximum atomic E-state index is 13.5. The van der Waals surface area contributed by atoms with Gasteiger partial charge in [-0.3, -0.25) is 4.72 Å². The Balaban J connectivity index is 2.15. The summed E-state index contributed by atoms with van der Waals surface area (Å²) in [7, 11) is -4.09. The first-order chi connectivity index (χ1) is 9.83. The highest BCUT2D eigenvalue weighted by Crippen LogP contribution is 2.24. The molecule has 21 heavy (non-hydrogen) atoms. The number of rotatable bonds is 4. The molecule has 0 aliphatic carbocycles. The van der Waals surface area contributed by atoms with E-state index < -0.39 is 33.3 Å². The minimum absolute atomic E-state index is 0.224. The molecular formula is C12H16F3N3O2S. The predicted molar refractivity (Wildman–Crippen MR) is 72.2 cm³/mol. The Kier molecular flexibility index (Phi) is 4.74. The predicted octanol–water partition coefficient (Wildman–Crippen LogP) is 1.43. The van der Waals surface area contributed by atoms with Gasteiger partial charge in [0.1, 0.15) is 11.5 Å². The van der Waals surface area contributed by atoms with E-state index in [0.717, 1.165) is 4.31 Å². The smallest absolute Gasteiger partial charge is 0.301 e. The number of nitrogens with two attached hydrogens (primary N) is 1. The van der Waals surface area contributed by atoms with Crippen LogP contribution in [0.25, 0.3) is 0 Å². The molecule has 2 rings (SSSR count). The summed E-state index contributed by atoms with van der Waals surface area (Å²) in [6, 6.07) is 0.836. The monoisotopic (exact) mass is 323 g/mol. The molecule has 0 spiro atoms. The van der Waals surface area contributed by atoms with Gasteiger partial charge in [0.05, 0.1) is 0 Å². The summed E-state index contributed by atoms with van der Waals surface area (Å²) in [5, 5.41) is 0. The van der Waals surface area contributed by atoms with Gasteiger partial charge in [-0.05, 0) is 25.3 Å². The third-order valence-corrected chi connectivity index (χ3v) is 4.99. The molecule has 1 aromatic rings. The number of anilines is 1. The van der Waals surface area contributed by atoms with E-state index >= 15 is 0 Å². The van der Waals surface area contributed by atoms with Crippen molar-refractivity contribution in [3.63, 3.8) is 0 Å². The highest BCUT2D eigenvalue weighted by molar-refractivity contribution is 7.90. The van der Waals surface area contributed by atoms with Gasteiger partial charge in [-0.1, -0.05) is 0 Å². The molecule has 1 fully saturated rings. The van der Waals surface area contributed by atoms with E-state index in [9.17, 15) is 21.6 Å². The van der Waals surface area contributed by atoms with Crippen LogP contribution in [0, 0.1) is 23.4 Å². The van der Waals surface area contributed by atoms with Crippen LogP contribution >= 0.6 is 0 Å². The molecule has 1 aliphatic rings. The Morgan fingerprint density at radius 1 is 1.19 bits per heavy atom. The third kappa shape index (κ3) is 3.66. The Morgan fingerprint density at radius 3 is 2.19 bits per heavy atom. The van der Waals surface area contributed by atoms with Crippen molar-refractivity contribution in [3.05, 3.63) is 29.6 Å². The molecule has 1 aromatic carbocycles. The number of hydrogen-bond acceptors (Lipinski definition) is 3. The highest BCUT2D eigenvalue weighted by atomic mass is 32.2. The van der Waals surface area contributed by atoms with E-state index in [1.807, 2.05) is 4.72 Å². The highest BCUT2D eigenvalue weighted by Gasteiger charge is 2.29. The second-order valence-electron chi connectivity index (χ2n) is 4.93. The molecule has 9 heteroatoms. The van der Waals surface area contributed by atoms with Gasteiger partial charge in [-0.2, -0.15) is 12.7 Å². The molecular weight excluding hydrogens is 307 g/mol. The number of nitrogens with one attached hydrogen (secondary N) is 1. The van der Waals surface area contributed by atoms with E-state index in [-0.39, 0.29) is 19.0 Å². The lowest BCUT2D eigenvalue weighted by Gasteiger charge is -2.30. The Hall–Kier alpha value is -1.32. The van der Waals surface area contributed by atoms with E-state index in [0.29, 0.717) is 31.5 Å². The van der Waals surface area contributed by atoms with Crippen molar-refractivity contribution in [2.75, 3.05) is 24.4 Å². The number of hydrogen-bond donors (Lipinski definition) is 2. The fraction of sp³-hybridized carbons (Fsp3) is 0.500. The normalized spacial score (nSPS) is 17.9. The van der Waals surface area contributed by atoms with Crippen molar-refractivity contribution < 1.29 is 21.6 Å². The lowest BCUT2D eigenvalue weighted by Crippen LogP contribution is -2.43. The molecule has 0 atom stereocenters. The zero-order chi connectivity index (χ0) is 15.6. The first-order valence-corrected chi connectivity index (χ1v) is 7.90. The summed E-state index contributed by atoms with van der Waals surface area (Å²) in [4.78, 5) is 0. The quantitative estimate of drug-likeness (QED) is 0.880. The summed E-state index contributed by atoms with van der Waals surface area (Å²) >= 11 is 0. The molecule has 0 radical (unpaired) electrons. The molecule has 0 unspecified atom stereocenters. The average molecular weight is 323 g/mol. The average Bonchev–Trinajstić information content (AvgIpc) is 2.43. The van der Waals surface area contributed by atoms with Crippen molar-refractivity contribution in [3.8, 4) is 0 Å². The van der Waals surface area contributed by atoms with Crippen molar-refractivity contribution in [2.24, 2.45) is 11.7 Å². The largest absolute Gasteiger partial charge is 0.330 e. The second-order valence-corrected chi connectivity index (χ2v) is 6.60. The Morgan fingerprint density at radius 2 is 1.71 bits per heavy atom. The van der Waals surface area contributed by atoms with E-state index in [1.54, 1.807) is 0 Å². The van der Waals surface area contributed by atoms with Gasteiger partial charge in [-0.25, -0.2) is 13.2 Å². The van der Waals surface area contributed by atoms with Crippen LogP contribution in [0.1, 0.15) is 12.8 Å². The van der Waals surface area contributed by atoms with Crippen molar-refractivity contribution in [1.29, 1.82) is 0 Å². The molecule has 5 nitrogen and oxygen atoms in total. The molecule has 1 aliphatic heterocycles. The summed E-state index contributed by atoms with van der Waals surface area (Å²) < 4.78 is 66.9. The Bertz CT molecular complexity index is 593. The van der Waals surface area contributed by atoms with Crippen molar-refractivity contribution in [1.82, 2.24) is 4.31 Å². The zero-order valence-electron chi connectivity index (χ0n) is 11.2. The molecule has 0 amide bonds. The van der Waals surface area contributed by atoms with Crippen molar-refractivity contribution >= 4 is 15.9 Å². The van der Waals surface area contributed by atoms with Gasteiger partial charge in [0, 0.05) is 25.2 Å². The van der Waals surface area contributed by atoms with Crippen LogP contribution in [-0.4, -0.2) is 32.4 Å². The number of benzene rings is 1. The lowest BCUT2D eigenvalue weighted by molar-refractivity contribution is 0.279. The lowest BCUT2D eigenvalue weighted by atomic mass is 9.99. The molecule has 1 saturated heterocycles. The number of nitrogens with zero attached hydrogens (tertiary/aromatic N) is 1. The van der Waals surface area contributed by atoms with Crippen LogP contribution in [-0.2, 0) is 10.2 Å². The van der Waals surface area contributed by atoms with E-state index in [1.165, 1.54) is 0 Å². The van der Waals surface area contributed by atoms with Gasteiger partial charge in [0.2, 0.25) is 0 Å². The molecule has 0 aromatic heterocycles. The molecule has 3 N–H and O–H groups in total. The first kappa shape index (κ1) is 16.1. The first-order valence-electron chi connectivity index (χ1n) is 6.46. The molecule has 0 saturated carbocycles. The number of halogens is 3. The van der Waals surface area contributed by atoms with E-state index in [4.69, 9.17) is 5.73 Å². The van der Waals surface area contributed by atoms with Crippen LogP contribution in [0.15, 0.2) is 12.1 Å². The topological polar surface area (TPSA) is 75.4 Å². The van der Waals surface area contributed by atoms with Gasteiger partial charge >= 0.3 is 10.2 Å². The molecule has 1 heterocycles. The van der Waals surface area contributed by atoms with Crippen LogP contribution in [0.2, 0.25) is 0 Å². The fourth-order valence-corrected chi connectivity index (χ4v) is 3.49. The summed E-state index contributed by atoms with van der Waals surface area (Å²) in [6.07, 6.45) is 1.18. The maximum Gasteiger partial charge on any atom is 0.301 e.